The zero-order valence-corrected chi connectivity index (χ0v) is 19.7. The van der Waals surface area contributed by atoms with Crippen molar-refractivity contribution in [1.82, 2.24) is 0 Å². The molecule has 0 amide bonds. The lowest BCUT2D eigenvalue weighted by Crippen LogP contribution is -3.14. The van der Waals surface area contributed by atoms with Crippen molar-refractivity contribution < 1.29 is 18.4 Å². The number of aryl methyl sites for hydroxylation is 1. The molecule has 0 aliphatic carbocycles. The molecule has 0 aliphatic heterocycles. The van der Waals surface area contributed by atoms with Gasteiger partial charge in [-0.15, -0.1) is 0 Å². The van der Waals surface area contributed by atoms with Crippen LogP contribution in [-0.4, -0.2) is 45.8 Å². The first kappa shape index (κ1) is 24.4. The van der Waals surface area contributed by atoms with E-state index < -0.39 is 16.1 Å². The summed E-state index contributed by atoms with van der Waals surface area (Å²) in [6, 6.07) is 15.8. The normalized spacial score (nSPS) is 13.2. The molecule has 166 valence electrons. The highest BCUT2D eigenvalue weighted by Crippen LogP contribution is 2.24. The Morgan fingerprint density at radius 1 is 0.900 bits per heavy atom. The van der Waals surface area contributed by atoms with E-state index in [1.54, 1.807) is 36.4 Å². The van der Waals surface area contributed by atoms with E-state index in [0.717, 1.165) is 18.7 Å². The second kappa shape index (κ2) is 10.9. The number of rotatable bonds is 11. The minimum absolute atomic E-state index is 0.0281. The van der Waals surface area contributed by atoms with Gasteiger partial charge < -0.3 is 10.0 Å². The van der Waals surface area contributed by atoms with Gasteiger partial charge in [0.05, 0.1) is 30.2 Å². The van der Waals surface area contributed by atoms with Crippen LogP contribution in [0.3, 0.4) is 0 Å². The Bertz CT molecular complexity index is 872. The van der Waals surface area contributed by atoms with Crippen LogP contribution in [0, 0.1) is 18.8 Å². The topological polar surface area (TPSA) is 62.1 Å². The molecule has 2 rings (SSSR count). The van der Waals surface area contributed by atoms with E-state index in [2.05, 4.69) is 27.7 Å². The van der Waals surface area contributed by atoms with Crippen molar-refractivity contribution in [1.29, 1.82) is 0 Å². The zero-order valence-electron chi connectivity index (χ0n) is 18.9. The Balaban J connectivity index is 2.31. The van der Waals surface area contributed by atoms with Gasteiger partial charge in [-0.1, -0.05) is 58.0 Å². The van der Waals surface area contributed by atoms with Gasteiger partial charge in [-0.3, -0.25) is 4.31 Å². The van der Waals surface area contributed by atoms with Gasteiger partial charge in [0.1, 0.15) is 12.6 Å². The number of hydrogen-bond acceptors (Lipinski definition) is 3. The summed E-state index contributed by atoms with van der Waals surface area (Å²) in [6.45, 7) is 13.1. The molecule has 0 bridgehead atoms. The molecule has 0 fully saturated rings. The lowest BCUT2D eigenvalue weighted by atomic mass is 10.1. The highest BCUT2D eigenvalue weighted by Gasteiger charge is 2.29. The Hall–Kier alpha value is -1.89. The highest BCUT2D eigenvalue weighted by atomic mass is 32.2. The van der Waals surface area contributed by atoms with Gasteiger partial charge in [0.2, 0.25) is 0 Å². The Morgan fingerprint density at radius 3 is 2.03 bits per heavy atom. The number of benzene rings is 2. The van der Waals surface area contributed by atoms with E-state index in [1.807, 2.05) is 25.1 Å². The number of aliphatic hydroxyl groups is 1. The molecule has 2 aromatic carbocycles. The van der Waals surface area contributed by atoms with Crippen molar-refractivity contribution in [3.05, 3.63) is 60.2 Å². The van der Waals surface area contributed by atoms with Crippen LogP contribution >= 0.6 is 0 Å². The molecule has 0 aliphatic rings. The third-order valence-corrected chi connectivity index (χ3v) is 6.72. The van der Waals surface area contributed by atoms with E-state index in [1.165, 1.54) is 9.21 Å². The molecule has 0 unspecified atom stereocenters. The highest BCUT2D eigenvalue weighted by molar-refractivity contribution is 7.92. The number of sulfonamides is 1. The lowest BCUT2D eigenvalue weighted by molar-refractivity contribution is -0.909. The number of nitrogens with zero attached hydrogens (tertiary/aromatic N) is 1. The van der Waals surface area contributed by atoms with E-state index >= 15 is 0 Å². The molecule has 5 nitrogen and oxygen atoms in total. The summed E-state index contributed by atoms with van der Waals surface area (Å²) in [7, 11) is -3.78. The molecule has 2 aromatic rings. The summed E-state index contributed by atoms with van der Waals surface area (Å²) in [6.07, 6.45) is -0.767. The number of aliphatic hydroxyl groups excluding tert-OH is 1. The summed E-state index contributed by atoms with van der Waals surface area (Å²) >= 11 is 0. The second-order valence-corrected chi connectivity index (χ2v) is 10.9. The number of hydrogen-bond donors (Lipinski definition) is 2. The summed E-state index contributed by atoms with van der Waals surface area (Å²) in [4.78, 5) is 1.53. The van der Waals surface area contributed by atoms with Crippen LogP contribution in [0.4, 0.5) is 5.69 Å². The van der Waals surface area contributed by atoms with Crippen molar-refractivity contribution in [3.63, 3.8) is 0 Å². The van der Waals surface area contributed by atoms with Gasteiger partial charge in [0, 0.05) is 11.8 Å². The fourth-order valence-corrected chi connectivity index (χ4v) is 5.35. The second-order valence-electron chi connectivity index (χ2n) is 8.99. The number of anilines is 1. The first-order valence-electron chi connectivity index (χ1n) is 10.8. The van der Waals surface area contributed by atoms with Crippen LogP contribution < -0.4 is 9.21 Å². The van der Waals surface area contributed by atoms with Gasteiger partial charge in [-0.05, 0) is 36.8 Å². The Kier molecular flexibility index (Phi) is 8.89. The van der Waals surface area contributed by atoms with E-state index in [0.29, 0.717) is 24.1 Å². The van der Waals surface area contributed by atoms with Gasteiger partial charge in [-0.25, -0.2) is 8.42 Å². The first-order valence-corrected chi connectivity index (χ1v) is 12.2. The summed E-state index contributed by atoms with van der Waals surface area (Å²) in [5, 5.41) is 10.9. The van der Waals surface area contributed by atoms with Crippen molar-refractivity contribution >= 4 is 15.7 Å². The van der Waals surface area contributed by atoms with Crippen molar-refractivity contribution in [2.24, 2.45) is 11.8 Å². The summed E-state index contributed by atoms with van der Waals surface area (Å²) in [5.41, 5.74) is 1.55. The maximum absolute atomic E-state index is 13.4. The molecule has 0 saturated heterocycles. The third kappa shape index (κ3) is 7.11. The molecule has 1 atom stereocenters. The number of quaternary nitrogens is 1. The molecule has 0 radical (unpaired) electrons. The lowest BCUT2D eigenvalue weighted by Gasteiger charge is -2.30. The minimum Gasteiger partial charge on any atom is -0.385 e. The monoisotopic (exact) mass is 433 g/mol. The fourth-order valence-electron chi connectivity index (χ4n) is 3.84. The molecule has 0 aromatic heterocycles. The molecule has 2 N–H and O–H groups in total. The first-order chi connectivity index (χ1) is 14.1. The molecule has 0 saturated carbocycles. The molecular weight excluding hydrogens is 396 g/mol. The molecule has 6 heteroatoms. The maximum Gasteiger partial charge on any atom is 0.264 e. The predicted octanol–water partition coefficient (Wildman–Crippen LogP) is 2.75. The van der Waals surface area contributed by atoms with Crippen LogP contribution in [0.15, 0.2) is 59.5 Å². The van der Waals surface area contributed by atoms with Crippen molar-refractivity contribution in [2.75, 3.05) is 30.5 Å². The fraction of sp³-hybridized carbons (Fsp3) is 0.500. The van der Waals surface area contributed by atoms with E-state index in [-0.39, 0.29) is 11.4 Å². The molecule has 0 spiro atoms. The zero-order chi connectivity index (χ0) is 22.3. The van der Waals surface area contributed by atoms with E-state index in [4.69, 9.17) is 0 Å². The molecular formula is C24H37N2O3S+. The SMILES string of the molecule is Cc1cccc(N(C[C@H](O)C[NH+](CC(C)C)CC(C)C)S(=O)(=O)c2ccccc2)c1. The van der Waals surface area contributed by atoms with Crippen LogP contribution in [-0.2, 0) is 10.0 Å². The third-order valence-electron chi connectivity index (χ3n) is 4.92. The average Bonchev–Trinajstić information content (AvgIpc) is 2.65. The van der Waals surface area contributed by atoms with Crippen LogP contribution in [0.1, 0.15) is 33.3 Å². The Morgan fingerprint density at radius 2 is 1.50 bits per heavy atom. The van der Waals surface area contributed by atoms with Gasteiger partial charge in [0.15, 0.2) is 0 Å². The molecule has 30 heavy (non-hydrogen) atoms. The molecule has 0 heterocycles. The maximum atomic E-state index is 13.4. The smallest absolute Gasteiger partial charge is 0.264 e. The quantitative estimate of drug-likeness (QED) is 0.573. The van der Waals surface area contributed by atoms with Gasteiger partial charge in [-0.2, -0.15) is 0 Å². The standard InChI is InChI=1S/C24H36N2O3S/c1-19(2)15-25(16-20(3)4)17-23(27)18-26(22-11-9-10-21(5)14-22)30(28,29)24-12-7-6-8-13-24/h6-14,19-20,23,27H,15-18H2,1-5H3/p+1/t23-/m1/s1. The van der Waals surface area contributed by atoms with Crippen molar-refractivity contribution in [2.45, 2.75) is 45.6 Å². The van der Waals surface area contributed by atoms with Crippen LogP contribution in [0.5, 0.6) is 0 Å². The van der Waals surface area contributed by atoms with Crippen LogP contribution in [0.25, 0.3) is 0 Å². The van der Waals surface area contributed by atoms with Gasteiger partial charge in [0.25, 0.3) is 10.0 Å². The summed E-state index contributed by atoms with van der Waals surface area (Å²) in [5.74, 6) is 1.01. The largest absolute Gasteiger partial charge is 0.385 e. The van der Waals surface area contributed by atoms with Crippen LogP contribution in [0.2, 0.25) is 0 Å². The summed E-state index contributed by atoms with van der Waals surface area (Å²) < 4.78 is 28.2. The van der Waals surface area contributed by atoms with Crippen molar-refractivity contribution in [3.8, 4) is 0 Å². The Labute approximate surface area is 182 Å². The van der Waals surface area contributed by atoms with Gasteiger partial charge >= 0.3 is 0 Å². The number of nitrogens with one attached hydrogen (secondary N) is 1. The van der Waals surface area contributed by atoms with E-state index in [9.17, 15) is 13.5 Å². The average molecular weight is 434 g/mol. The minimum atomic E-state index is -3.78. The predicted molar refractivity (Wildman–Crippen MR) is 123 cm³/mol.